The Morgan fingerprint density at radius 2 is 0.733 bits per heavy atom. The Morgan fingerprint density at radius 3 is 0.900 bits per heavy atom. The summed E-state index contributed by atoms with van der Waals surface area (Å²) < 4.78 is 157. The topological polar surface area (TPSA) is 0 Å². The predicted octanol–water partition coefficient (Wildman–Crippen LogP) is 7.23. The molecule has 0 saturated carbocycles. The van der Waals surface area contributed by atoms with Crippen LogP contribution in [-0.2, 0) is 0 Å². The number of likely N-dealkylation sites (tertiary alicyclic amines) is 1. The maximum atomic E-state index is 9.75. The number of nitrogens with zero attached hydrogens (tertiary/aromatic N) is 1. The maximum absolute atomic E-state index is 9.75. The van der Waals surface area contributed by atoms with Crippen LogP contribution in [0.15, 0.2) is 0 Å². The minimum absolute atomic E-state index is 1.36. The van der Waals surface area contributed by atoms with Crippen LogP contribution in [0.1, 0.15) is 32.6 Å². The zero-order chi connectivity index (χ0) is 25.4. The van der Waals surface area contributed by atoms with E-state index in [4.69, 9.17) is 0 Å². The Bertz CT molecular complexity index is 314. The summed E-state index contributed by atoms with van der Waals surface area (Å²) in [4.78, 5) is 0. The van der Waals surface area contributed by atoms with Crippen molar-refractivity contribution >= 4 is 29.0 Å². The van der Waals surface area contributed by atoms with Gasteiger partial charge in [-0.1, -0.05) is 13.3 Å². The van der Waals surface area contributed by atoms with Gasteiger partial charge in [-0.15, -0.1) is 0 Å². The average molecular weight is 489 g/mol. The molecule has 0 bridgehead atoms. The molecular weight excluding hydrogens is 469 g/mol. The SMILES string of the molecule is CCCC[N+]1(C)CCCC1.F[B-](F)(F)F.F[B-](F)(F)F.F[B-](F)(F)F.F[B-](F)(F)F. The third-order valence-corrected chi connectivity index (χ3v) is 2.70. The molecule has 0 aromatic heterocycles. The molecule has 30 heavy (non-hydrogen) atoms. The highest BCUT2D eigenvalue weighted by Gasteiger charge is 2.25. The Labute approximate surface area is 163 Å². The lowest BCUT2D eigenvalue weighted by molar-refractivity contribution is -0.897. The second-order valence-electron chi connectivity index (χ2n) is 5.83. The molecule has 1 nitrogen and oxygen atoms in total. The lowest BCUT2D eigenvalue weighted by Crippen LogP contribution is -2.41. The normalized spacial score (nSPS) is 15.8. The van der Waals surface area contributed by atoms with Crippen molar-refractivity contribution in [1.82, 2.24) is 0 Å². The first kappa shape index (κ1) is 36.5. The van der Waals surface area contributed by atoms with Crippen molar-refractivity contribution in [1.29, 1.82) is 0 Å². The summed E-state index contributed by atoms with van der Waals surface area (Å²) in [5.41, 5.74) is 0. The third-order valence-electron chi connectivity index (χ3n) is 2.70. The maximum Gasteiger partial charge on any atom is 0.673 e. The van der Waals surface area contributed by atoms with Crippen molar-refractivity contribution in [3.05, 3.63) is 0 Å². The molecule has 1 saturated heterocycles. The van der Waals surface area contributed by atoms with Crippen molar-refractivity contribution in [3.63, 3.8) is 0 Å². The van der Waals surface area contributed by atoms with E-state index in [9.17, 15) is 69.1 Å². The van der Waals surface area contributed by atoms with E-state index in [1.165, 1.54) is 49.8 Å². The molecule has 0 unspecified atom stereocenters. The molecule has 1 aliphatic rings. The van der Waals surface area contributed by atoms with Crippen molar-refractivity contribution < 1.29 is 73.5 Å². The molecule has 0 amide bonds. The largest absolute Gasteiger partial charge is 0.673 e. The van der Waals surface area contributed by atoms with Gasteiger partial charge < -0.3 is 73.5 Å². The summed E-state index contributed by atoms with van der Waals surface area (Å²) in [5.74, 6) is 0. The van der Waals surface area contributed by atoms with Crippen LogP contribution in [0.25, 0.3) is 0 Å². The molecule has 21 heteroatoms. The number of quaternary nitrogens is 1. The quantitative estimate of drug-likeness (QED) is 0.223. The van der Waals surface area contributed by atoms with Crippen LogP contribution in [0.4, 0.5) is 69.1 Å². The molecule has 188 valence electrons. The second-order valence-corrected chi connectivity index (χ2v) is 5.83. The van der Waals surface area contributed by atoms with E-state index in [1.807, 2.05) is 0 Å². The van der Waals surface area contributed by atoms with Crippen LogP contribution in [0.5, 0.6) is 0 Å². The zero-order valence-corrected chi connectivity index (χ0v) is 15.8. The van der Waals surface area contributed by atoms with E-state index in [0.29, 0.717) is 0 Å². The fourth-order valence-corrected chi connectivity index (χ4v) is 1.86. The Morgan fingerprint density at radius 1 is 0.533 bits per heavy atom. The van der Waals surface area contributed by atoms with Gasteiger partial charge in [0.05, 0.1) is 26.7 Å². The first-order chi connectivity index (χ1) is 12.8. The molecule has 1 aliphatic heterocycles. The fraction of sp³-hybridized carbons (Fsp3) is 1.00. The lowest BCUT2D eigenvalue weighted by Gasteiger charge is -2.28. The average Bonchev–Trinajstić information content (AvgIpc) is 2.75. The van der Waals surface area contributed by atoms with Gasteiger partial charge in [-0.3, -0.25) is 0 Å². The van der Waals surface area contributed by atoms with Gasteiger partial charge in [-0.25, -0.2) is 0 Å². The molecule has 0 radical (unpaired) electrons. The molecular formula is C9H20B4F16N-3. The highest BCUT2D eigenvalue weighted by molar-refractivity contribution is 6.50. The number of rotatable bonds is 3. The van der Waals surface area contributed by atoms with Gasteiger partial charge >= 0.3 is 29.0 Å². The number of hydrogen-bond donors (Lipinski definition) is 0. The van der Waals surface area contributed by atoms with Crippen LogP contribution in [-0.4, -0.2) is 60.2 Å². The summed E-state index contributed by atoms with van der Waals surface area (Å²) in [6.07, 6.45) is 5.69. The summed E-state index contributed by atoms with van der Waals surface area (Å²) in [7, 11) is -21.6. The Hall–Kier alpha value is -0.900. The van der Waals surface area contributed by atoms with Crippen molar-refractivity contribution in [2.45, 2.75) is 32.6 Å². The van der Waals surface area contributed by atoms with Crippen molar-refractivity contribution in [2.24, 2.45) is 0 Å². The van der Waals surface area contributed by atoms with Gasteiger partial charge in [0, 0.05) is 12.8 Å². The Balaban J connectivity index is -0.000000148. The number of halogens is 16. The van der Waals surface area contributed by atoms with Crippen LogP contribution < -0.4 is 0 Å². The molecule has 0 spiro atoms. The van der Waals surface area contributed by atoms with E-state index in [2.05, 4.69) is 14.0 Å². The first-order valence-electron chi connectivity index (χ1n) is 8.09. The summed E-state index contributed by atoms with van der Waals surface area (Å²) >= 11 is 0. The minimum atomic E-state index is -6.00. The van der Waals surface area contributed by atoms with Crippen LogP contribution in [0.3, 0.4) is 0 Å². The van der Waals surface area contributed by atoms with Gasteiger partial charge in [-0.05, 0) is 6.42 Å². The van der Waals surface area contributed by atoms with Gasteiger partial charge in [-0.2, -0.15) is 0 Å². The summed E-state index contributed by atoms with van der Waals surface area (Å²) in [6.45, 7) is 6.55. The van der Waals surface area contributed by atoms with E-state index >= 15 is 0 Å². The third kappa shape index (κ3) is 108. The van der Waals surface area contributed by atoms with E-state index < -0.39 is 29.0 Å². The smallest absolute Gasteiger partial charge is 0.418 e. The van der Waals surface area contributed by atoms with Crippen molar-refractivity contribution in [3.8, 4) is 0 Å². The highest BCUT2D eigenvalue weighted by atomic mass is 19.5. The molecule has 0 aliphatic carbocycles. The first-order valence-corrected chi connectivity index (χ1v) is 8.09. The van der Waals surface area contributed by atoms with Crippen molar-refractivity contribution in [2.75, 3.05) is 26.7 Å². The number of hydrogen-bond acceptors (Lipinski definition) is 0. The molecule has 1 heterocycles. The van der Waals surface area contributed by atoms with Crippen LogP contribution >= 0.6 is 0 Å². The van der Waals surface area contributed by atoms with Gasteiger partial charge in [0.15, 0.2) is 0 Å². The minimum Gasteiger partial charge on any atom is -0.418 e. The highest BCUT2D eigenvalue weighted by Crippen LogP contribution is 2.16. The number of unbranched alkanes of at least 4 members (excludes halogenated alkanes) is 1. The standard InChI is InChI=1S/C9H20N.4BF4/c1-3-4-7-10(2)8-5-6-9-10;4*2-1(3,4)5/h3-9H2,1-2H3;;;;/q+1;4*-1. The van der Waals surface area contributed by atoms with Crippen LogP contribution in [0, 0.1) is 0 Å². The fourth-order valence-electron chi connectivity index (χ4n) is 1.86. The molecule has 0 atom stereocenters. The molecule has 0 aromatic carbocycles. The van der Waals surface area contributed by atoms with Gasteiger partial charge in [0.2, 0.25) is 0 Å². The van der Waals surface area contributed by atoms with Gasteiger partial charge in [0.25, 0.3) is 0 Å². The Kier molecular flexibility index (Phi) is 19.3. The van der Waals surface area contributed by atoms with Crippen LogP contribution in [0.2, 0.25) is 0 Å². The molecule has 1 rings (SSSR count). The monoisotopic (exact) mass is 490 g/mol. The van der Waals surface area contributed by atoms with E-state index in [0.717, 1.165) is 0 Å². The van der Waals surface area contributed by atoms with E-state index in [-0.39, 0.29) is 0 Å². The van der Waals surface area contributed by atoms with Gasteiger partial charge in [0.1, 0.15) is 0 Å². The summed E-state index contributed by atoms with van der Waals surface area (Å²) in [5, 5.41) is 0. The zero-order valence-electron chi connectivity index (χ0n) is 15.8. The summed E-state index contributed by atoms with van der Waals surface area (Å²) in [6, 6.07) is 0. The predicted molar refractivity (Wildman–Crippen MR) is 85.7 cm³/mol. The second kappa shape index (κ2) is 15.8. The van der Waals surface area contributed by atoms with E-state index in [1.54, 1.807) is 0 Å². The molecule has 0 N–H and O–H groups in total. The lowest BCUT2D eigenvalue weighted by atomic mass is 10.3. The molecule has 0 aromatic rings. The molecule has 1 fully saturated rings.